The molecule has 3 rings (SSSR count). The van der Waals surface area contributed by atoms with Gasteiger partial charge in [0.25, 0.3) is 0 Å². The number of halogens is 1. The summed E-state index contributed by atoms with van der Waals surface area (Å²) >= 11 is 6.61. The van der Waals surface area contributed by atoms with Gasteiger partial charge >= 0.3 is 0 Å². The highest BCUT2D eigenvalue weighted by atomic mass is 35.5. The molecule has 0 spiro atoms. The number of benzene rings is 2. The first kappa shape index (κ1) is 14.2. The zero-order chi connectivity index (χ0) is 14.8. The van der Waals surface area contributed by atoms with E-state index in [0.717, 1.165) is 29.7 Å². The third kappa shape index (κ3) is 3.11. The number of rotatable bonds is 2. The number of anilines is 1. The summed E-state index contributed by atoms with van der Waals surface area (Å²) in [5.41, 5.74) is 5.51. The van der Waals surface area contributed by atoms with Gasteiger partial charge in [0.05, 0.1) is 5.38 Å². The third-order valence-corrected chi connectivity index (χ3v) is 4.42. The average Bonchev–Trinajstić information content (AvgIpc) is 2.67. The maximum atomic E-state index is 11.6. The molecule has 0 saturated carbocycles. The van der Waals surface area contributed by atoms with Crippen LogP contribution in [0.25, 0.3) is 0 Å². The minimum atomic E-state index is -0.158. The van der Waals surface area contributed by atoms with Crippen LogP contribution in [0, 0.1) is 6.92 Å². The first-order valence-electron chi connectivity index (χ1n) is 7.27. The Morgan fingerprint density at radius 1 is 1.05 bits per heavy atom. The molecule has 1 amide bonds. The first-order chi connectivity index (χ1) is 10.1. The second-order valence-corrected chi connectivity index (χ2v) is 6.03. The van der Waals surface area contributed by atoms with Gasteiger partial charge in [-0.3, -0.25) is 4.79 Å². The number of aryl methyl sites for hydroxylation is 2. The SMILES string of the molecule is Cc1ccc(C(Cl)c2ccc3c(c2)CCCC(=O)N3)cc1. The van der Waals surface area contributed by atoms with Crippen LogP contribution in [0.4, 0.5) is 5.69 Å². The molecule has 0 radical (unpaired) electrons. The van der Waals surface area contributed by atoms with Crippen molar-refractivity contribution in [2.75, 3.05) is 5.32 Å². The Labute approximate surface area is 130 Å². The normalized spacial score (nSPS) is 15.8. The van der Waals surface area contributed by atoms with E-state index in [2.05, 4.69) is 42.6 Å². The molecule has 3 heteroatoms. The maximum absolute atomic E-state index is 11.6. The zero-order valence-corrected chi connectivity index (χ0v) is 12.8. The van der Waals surface area contributed by atoms with E-state index in [1.54, 1.807) is 0 Å². The fourth-order valence-corrected chi connectivity index (χ4v) is 2.96. The summed E-state index contributed by atoms with van der Waals surface area (Å²) < 4.78 is 0. The quantitative estimate of drug-likeness (QED) is 0.807. The van der Waals surface area contributed by atoms with Crippen molar-refractivity contribution < 1.29 is 4.79 Å². The van der Waals surface area contributed by atoms with Crippen molar-refractivity contribution in [2.24, 2.45) is 0 Å². The van der Waals surface area contributed by atoms with Gasteiger partial charge in [0.1, 0.15) is 0 Å². The van der Waals surface area contributed by atoms with Gasteiger partial charge in [0.2, 0.25) is 5.91 Å². The predicted molar refractivity (Wildman–Crippen MR) is 86.9 cm³/mol. The molecule has 21 heavy (non-hydrogen) atoms. The van der Waals surface area contributed by atoms with Crippen molar-refractivity contribution in [3.05, 3.63) is 64.7 Å². The van der Waals surface area contributed by atoms with E-state index < -0.39 is 0 Å². The zero-order valence-electron chi connectivity index (χ0n) is 12.0. The molecule has 1 aliphatic heterocycles. The molecule has 2 aromatic carbocycles. The number of carbonyl (C=O) groups is 1. The molecule has 1 N–H and O–H groups in total. The molecule has 1 heterocycles. The van der Waals surface area contributed by atoms with Crippen LogP contribution in [0.2, 0.25) is 0 Å². The third-order valence-electron chi connectivity index (χ3n) is 3.92. The number of amides is 1. The lowest BCUT2D eigenvalue weighted by Gasteiger charge is -2.14. The molecule has 0 aromatic heterocycles. The Hall–Kier alpha value is -1.80. The second-order valence-electron chi connectivity index (χ2n) is 5.59. The van der Waals surface area contributed by atoms with Crippen LogP contribution in [0.3, 0.4) is 0 Å². The van der Waals surface area contributed by atoms with E-state index in [-0.39, 0.29) is 11.3 Å². The highest BCUT2D eigenvalue weighted by molar-refractivity contribution is 6.22. The minimum Gasteiger partial charge on any atom is -0.326 e. The molecular formula is C18H18ClNO. The Kier molecular flexibility index (Phi) is 3.98. The number of carbonyl (C=O) groups excluding carboxylic acids is 1. The number of alkyl halides is 1. The van der Waals surface area contributed by atoms with Crippen LogP contribution in [0.1, 0.15) is 40.5 Å². The molecule has 0 saturated heterocycles. The first-order valence-corrected chi connectivity index (χ1v) is 7.70. The molecule has 0 bridgehead atoms. The van der Waals surface area contributed by atoms with Crippen molar-refractivity contribution in [3.63, 3.8) is 0 Å². The van der Waals surface area contributed by atoms with Gasteiger partial charge < -0.3 is 5.32 Å². The summed E-state index contributed by atoms with van der Waals surface area (Å²) in [5, 5.41) is 2.80. The number of fused-ring (bicyclic) bond motifs is 1. The van der Waals surface area contributed by atoms with E-state index in [1.807, 2.05) is 12.1 Å². The van der Waals surface area contributed by atoms with E-state index >= 15 is 0 Å². The molecule has 0 fully saturated rings. The summed E-state index contributed by atoms with van der Waals surface area (Å²) in [6.07, 6.45) is 2.39. The van der Waals surface area contributed by atoms with Crippen molar-refractivity contribution in [1.82, 2.24) is 0 Å². The lowest BCUT2D eigenvalue weighted by Crippen LogP contribution is -2.09. The Morgan fingerprint density at radius 2 is 1.76 bits per heavy atom. The topological polar surface area (TPSA) is 29.1 Å². The molecule has 108 valence electrons. The second kappa shape index (κ2) is 5.90. The van der Waals surface area contributed by atoms with Gasteiger partial charge in [-0.25, -0.2) is 0 Å². The summed E-state index contributed by atoms with van der Waals surface area (Å²) in [7, 11) is 0. The highest BCUT2D eigenvalue weighted by Crippen LogP contribution is 2.32. The number of nitrogens with one attached hydrogen (secondary N) is 1. The maximum Gasteiger partial charge on any atom is 0.224 e. The average molecular weight is 300 g/mol. The van der Waals surface area contributed by atoms with E-state index in [1.165, 1.54) is 11.1 Å². The van der Waals surface area contributed by atoms with Crippen LogP contribution in [0.15, 0.2) is 42.5 Å². The minimum absolute atomic E-state index is 0.0995. The molecule has 1 aliphatic rings. The van der Waals surface area contributed by atoms with E-state index in [9.17, 15) is 4.79 Å². The van der Waals surface area contributed by atoms with Gasteiger partial charge in [-0.2, -0.15) is 0 Å². The van der Waals surface area contributed by atoms with Crippen LogP contribution in [0.5, 0.6) is 0 Å². The smallest absolute Gasteiger partial charge is 0.224 e. The predicted octanol–water partition coefficient (Wildman–Crippen LogP) is 4.60. The van der Waals surface area contributed by atoms with Crippen molar-refractivity contribution in [3.8, 4) is 0 Å². The summed E-state index contributed by atoms with van der Waals surface area (Å²) in [6.45, 7) is 2.07. The van der Waals surface area contributed by atoms with Crippen LogP contribution in [-0.4, -0.2) is 5.91 Å². The highest BCUT2D eigenvalue weighted by Gasteiger charge is 2.16. The summed E-state index contributed by atoms with van der Waals surface area (Å²) in [4.78, 5) is 11.6. The van der Waals surface area contributed by atoms with Gasteiger partial charge in [-0.15, -0.1) is 11.6 Å². The summed E-state index contributed by atoms with van der Waals surface area (Å²) in [5.74, 6) is 0.0995. The number of hydrogen-bond acceptors (Lipinski definition) is 1. The fraction of sp³-hybridized carbons (Fsp3) is 0.278. The number of hydrogen-bond donors (Lipinski definition) is 1. The lowest BCUT2D eigenvalue weighted by atomic mass is 9.99. The monoisotopic (exact) mass is 299 g/mol. The molecular weight excluding hydrogens is 282 g/mol. The molecule has 1 unspecified atom stereocenters. The van der Waals surface area contributed by atoms with Crippen molar-refractivity contribution in [2.45, 2.75) is 31.6 Å². The van der Waals surface area contributed by atoms with Gasteiger partial charge in [0.15, 0.2) is 0 Å². The van der Waals surface area contributed by atoms with Crippen LogP contribution < -0.4 is 5.32 Å². The van der Waals surface area contributed by atoms with Gasteiger partial charge in [-0.05, 0) is 42.5 Å². The molecule has 0 aliphatic carbocycles. The fourth-order valence-electron chi connectivity index (χ4n) is 2.68. The standard InChI is InChI=1S/C18H18ClNO/c1-12-5-7-13(8-6-12)18(19)15-9-10-16-14(11-15)3-2-4-17(21)20-16/h5-11,18H,2-4H2,1H3,(H,20,21). The molecule has 2 nitrogen and oxygen atoms in total. The Bertz CT molecular complexity index is 663. The Morgan fingerprint density at radius 3 is 2.52 bits per heavy atom. The summed E-state index contributed by atoms with van der Waals surface area (Å²) in [6, 6.07) is 14.4. The van der Waals surface area contributed by atoms with Crippen LogP contribution in [-0.2, 0) is 11.2 Å². The van der Waals surface area contributed by atoms with Crippen molar-refractivity contribution in [1.29, 1.82) is 0 Å². The van der Waals surface area contributed by atoms with E-state index in [0.29, 0.717) is 6.42 Å². The Balaban J connectivity index is 1.91. The van der Waals surface area contributed by atoms with Crippen molar-refractivity contribution >= 4 is 23.2 Å². The van der Waals surface area contributed by atoms with Gasteiger partial charge in [-0.1, -0.05) is 42.0 Å². The van der Waals surface area contributed by atoms with E-state index in [4.69, 9.17) is 11.6 Å². The lowest BCUT2D eigenvalue weighted by molar-refractivity contribution is -0.116. The van der Waals surface area contributed by atoms with Crippen LogP contribution >= 0.6 is 11.6 Å². The van der Waals surface area contributed by atoms with Gasteiger partial charge in [0, 0.05) is 12.1 Å². The molecule has 1 atom stereocenters. The largest absolute Gasteiger partial charge is 0.326 e. The molecule has 2 aromatic rings.